The van der Waals surface area contributed by atoms with Crippen molar-refractivity contribution in [3.8, 4) is 0 Å². The second-order valence-electron chi connectivity index (χ2n) is 6.56. The Morgan fingerprint density at radius 2 is 1.90 bits per heavy atom. The molecule has 2 fully saturated rings. The van der Waals surface area contributed by atoms with E-state index in [1.54, 1.807) is 0 Å². The molecule has 3 nitrogen and oxygen atoms in total. The number of likely N-dealkylation sites (tertiary alicyclic amines) is 1. The van der Waals surface area contributed by atoms with E-state index in [1.807, 2.05) is 18.2 Å². The van der Waals surface area contributed by atoms with Crippen molar-refractivity contribution in [3.63, 3.8) is 0 Å². The van der Waals surface area contributed by atoms with Gasteiger partial charge in [0.1, 0.15) is 0 Å². The molecule has 1 N–H and O–H groups in total. The molecule has 1 heterocycles. The van der Waals surface area contributed by atoms with Crippen LogP contribution in [0.25, 0.3) is 0 Å². The molecule has 3 heteroatoms. The van der Waals surface area contributed by atoms with E-state index in [-0.39, 0.29) is 11.8 Å². The third-order valence-electron chi connectivity index (χ3n) is 4.87. The highest BCUT2D eigenvalue weighted by molar-refractivity contribution is 5.84. The normalized spacial score (nSPS) is 22.0. The van der Waals surface area contributed by atoms with Crippen LogP contribution in [0.1, 0.15) is 44.1 Å². The lowest BCUT2D eigenvalue weighted by atomic mass is 9.93. The van der Waals surface area contributed by atoms with Crippen molar-refractivity contribution in [1.29, 1.82) is 0 Å². The molecule has 1 aliphatic heterocycles. The zero-order valence-corrected chi connectivity index (χ0v) is 12.9. The van der Waals surface area contributed by atoms with E-state index in [4.69, 9.17) is 0 Å². The van der Waals surface area contributed by atoms with Crippen LogP contribution in [0.5, 0.6) is 0 Å². The van der Waals surface area contributed by atoms with Crippen molar-refractivity contribution in [2.45, 2.75) is 44.6 Å². The van der Waals surface area contributed by atoms with Gasteiger partial charge in [-0.05, 0) is 57.2 Å². The van der Waals surface area contributed by atoms with Gasteiger partial charge in [-0.2, -0.15) is 0 Å². The van der Waals surface area contributed by atoms with Gasteiger partial charge in [0, 0.05) is 12.6 Å². The first-order chi connectivity index (χ1) is 10.3. The summed E-state index contributed by atoms with van der Waals surface area (Å²) < 4.78 is 0. The highest BCUT2D eigenvalue weighted by Gasteiger charge is 2.37. The number of rotatable bonds is 6. The fraction of sp³-hybridized carbons (Fsp3) is 0.611. The average molecular weight is 286 g/mol. The average Bonchev–Trinajstić information content (AvgIpc) is 3.18. The number of hydrogen-bond acceptors (Lipinski definition) is 2. The maximum atomic E-state index is 12.6. The van der Waals surface area contributed by atoms with Gasteiger partial charge in [-0.1, -0.05) is 30.3 Å². The van der Waals surface area contributed by atoms with E-state index in [1.165, 1.54) is 44.3 Å². The van der Waals surface area contributed by atoms with E-state index in [0.717, 1.165) is 6.54 Å². The molecule has 2 atom stereocenters. The zero-order chi connectivity index (χ0) is 14.7. The highest BCUT2D eigenvalue weighted by atomic mass is 16.1. The van der Waals surface area contributed by atoms with Gasteiger partial charge in [0.25, 0.3) is 0 Å². The summed E-state index contributed by atoms with van der Waals surface area (Å²) in [5.41, 5.74) is 1.17. The van der Waals surface area contributed by atoms with E-state index in [0.29, 0.717) is 12.0 Å². The molecule has 1 aromatic carbocycles. The molecule has 1 aliphatic carbocycles. The predicted octanol–water partition coefficient (Wildman–Crippen LogP) is 2.78. The van der Waals surface area contributed by atoms with Crippen LogP contribution in [0.3, 0.4) is 0 Å². The molecule has 21 heavy (non-hydrogen) atoms. The number of benzene rings is 1. The lowest BCUT2D eigenvalue weighted by molar-refractivity contribution is -0.123. The zero-order valence-electron chi connectivity index (χ0n) is 12.9. The van der Waals surface area contributed by atoms with Gasteiger partial charge in [-0.3, -0.25) is 9.69 Å². The highest BCUT2D eigenvalue weighted by Crippen LogP contribution is 2.42. The topological polar surface area (TPSA) is 32.3 Å². The summed E-state index contributed by atoms with van der Waals surface area (Å²) in [6, 6.07) is 10.7. The molecule has 0 aromatic heterocycles. The van der Waals surface area contributed by atoms with E-state index >= 15 is 0 Å². The summed E-state index contributed by atoms with van der Waals surface area (Å²) in [5, 5.41) is 3.20. The standard InChI is InChI=1S/C18H26N2O/c1-14(20-11-5-6-12-20)13-19-18(21)17(16-9-10-16)15-7-3-2-4-8-15/h2-4,7-8,14,16-17H,5-6,9-13H2,1H3,(H,19,21). The van der Waals surface area contributed by atoms with Crippen molar-refractivity contribution in [2.24, 2.45) is 5.92 Å². The van der Waals surface area contributed by atoms with Crippen molar-refractivity contribution in [2.75, 3.05) is 19.6 Å². The summed E-state index contributed by atoms with van der Waals surface area (Å²) in [7, 11) is 0. The van der Waals surface area contributed by atoms with Crippen molar-refractivity contribution in [1.82, 2.24) is 10.2 Å². The summed E-state index contributed by atoms with van der Waals surface area (Å²) in [5.74, 6) is 0.821. The Bertz CT molecular complexity index is 463. The number of nitrogens with one attached hydrogen (secondary N) is 1. The number of nitrogens with zero attached hydrogens (tertiary/aromatic N) is 1. The van der Waals surface area contributed by atoms with Crippen LogP contribution >= 0.6 is 0 Å². The van der Waals surface area contributed by atoms with Gasteiger partial charge in [-0.25, -0.2) is 0 Å². The Kier molecular flexibility index (Phi) is 4.59. The van der Waals surface area contributed by atoms with Crippen molar-refractivity contribution >= 4 is 5.91 Å². The first kappa shape index (κ1) is 14.6. The van der Waals surface area contributed by atoms with E-state index in [2.05, 4.69) is 29.3 Å². The van der Waals surface area contributed by atoms with Crippen LogP contribution in [-0.2, 0) is 4.79 Å². The molecule has 2 unspecified atom stereocenters. The van der Waals surface area contributed by atoms with Crippen LogP contribution in [0.2, 0.25) is 0 Å². The maximum absolute atomic E-state index is 12.6. The van der Waals surface area contributed by atoms with E-state index < -0.39 is 0 Å². The fourth-order valence-corrected chi connectivity index (χ4v) is 3.40. The second-order valence-corrected chi connectivity index (χ2v) is 6.56. The minimum Gasteiger partial charge on any atom is -0.354 e. The minimum absolute atomic E-state index is 0.0528. The molecule has 1 aromatic rings. The smallest absolute Gasteiger partial charge is 0.227 e. The monoisotopic (exact) mass is 286 g/mol. The Balaban J connectivity index is 1.57. The first-order valence-corrected chi connectivity index (χ1v) is 8.32. The van der Waals surface area contributed by atoms with E-state index in [9.17, 15) is 4.79 Å². The molecular formula is C18H26N2O. The van der Waals surface area contributed by atoms with Crippen LogP contribution in [0.4, 0.5) is 0 Å². The minimum atomic E-state index is 0.0528. The van der Waals surface area contributed by atoms with Gasteiger partial charge in [0.2, 0.25) is 5.91 Å². The van der Waals surface area contributed by atoms with Gasteiger partial charge in [0.05, 0.1) is 5.92 Å². The lowest BCUT2D eigenvalue weighted by Gasteiger charge is -2.25. The van der Waals surface area contributed by atoms with Crippen LogP contribution in [0, 0.1) is 5.92 Å². The van der Waals surface area contributed by atoms with Crippen molar-refractivity contribution < 1.29 is 4.79 Å². The van der Waals surface area contributed by atoms with Crippen LogP contribution < -0.4 is 5.32 Å². The molecule has 0 radical (unpaired) electrons. The molecule has 0 spiro atoms. The van der Waals surface area contributed by atoms with Crippen LogP contribution in [0.15, 0.2) is 30.3 Å². The van der Waals surface area contributed by atoms with Crippen molar-refractivity contribution in [3.05, 3.63) is 35.9 Å². The molecule has 114 valence electrons. The SMILES string of the molecule is CC(CNC(=O)C(c1ccccc1)C1CC1)N1CCCC1. The summed E-state index contributed by atoms with van der Waals surface area (Å²) in [6.07, 6.45) is 4.98. The van der Waals surface area contributed by atoms with Gasteiger partial charge in [-0.15, -0.1) is 0 Å². The molecule has 3 rings (SSSR count). The third-order valence-corrected chi connectivity index (χ3v) is 4.87. The summed E-state index contributed by atoms with van der Waals surface area (Å²) in [4.78, 5) is 15.1. The summed E-state index contributed by atoms with van der Waals surface area (Å²) >= 11 is 0. The molecule has 1 amide bonds. The van der Waals surface area contributed by atoms with Gasteiger partial charge in [0.15, 0.2) is 0 Å². The Labute approximate surface area is 127 Å². The Morgan fingerprint density at radius 3 is 2.52 bits per heavy atom. The quantitative estimate of drug-likeness (QED) is 0.872. The second kappa shape index (κ2) is 6.61. The van der Waals surface area contributed by atoms with Crippen LogP contribution in [-0.4, -0.2) is 36.5 Å². The molecule has 0 bridgehead atoms. The number of hydrogen-bond donors (Lipinski definition) is 1. The number of amides is 1. The van der Waals surface area contributed by atoms with Gasteiger partial charge >= 0.3 is 0 Å². The molecule has 2 aliphatic rings. The fourth-order valence-electron chi connectivity index (χ4n) is 3.40. The number of carbonyl (C=O) groups is 1. The Morgan fingerprint density at radius 1 is 1.24 bits per heavy atom. The first-order valence-electron chi connectivity index (χ1n) is 8.32. The lowest BCUT2D eigenvalue weighted by Crippen LogP contribution is -2.42. The largest absolute Gasteiger partial charge is 0.354 e. The predicted molar refractivity (Wildman–Crippen MR) is 85.2 cm³/mol. The maximum Gasteiger partial charge on any atom is 0.227 e. The Hall–Kier alpha value is -1.35. The molecular weight excluding hydrogens is 260 g/mol. The third kappa shape index (κ3) is 3.65. The molecule has 1 saturated carbocycles. The van der Waals surface area contributed by atoms with Gasteiger partial charge < -0.3 is 5.32 Å². The molecule has 1 saturated heterocycles. The summed E-state index contributed by atoms with van der Waals surface area (Å²) in [6.45, 7) is 5.36. The number of carbonyl (C=O) groups excluding carboxylic acids is 1.